The first kappa shape index (κ1) is 20.8. The molecule has 0 heterocycles. The Balaban J connectivity index is 1.62. The van der Waals surface area contributed by atoms with Crippen LogP contribution in [-0.2, 0) is 13.1 Å². The van der Waals surface area contributed by atoms with Crippen molar-refractivity contribution < 1.29 is 14.2 Å². The molecule has 0 spiro atoms. The highest BCUT2D eigenvalue weighted by Gasteiger charge is 2.20. The maximum Gasteiger partial charge on any atom is 0.191 e. The van der Waals surface area contributed by atoms with Crippen LogP contribution < -0.4 is 24.8 Å². The fraction of sp³-hybridized carbons (Fsp3) is 0.435. The van der Waals surface area contributed by atoms with Crippen LogP contribution in [0.15, 0.2) is 47.5 Å². The molecule has 0 aliphatic heterocycles. The second kappa shape index (κ2) is 10.6. The molecule has 0 bridgehead atoms. The minimum atomic E-state index is 0.274. The van der Waals surface area contributed by atoms with E-state index in [-0.39, 0.29) is 6.10 Å². The van der Waals surface area contributed by atoms with Crippen LogP contribution in [0.3, 0.4) is 0 Å². The fourth-order valence-corrected chi connectivity index (χ4v) is 3.54. The molecule has 0 unspecified atom stereocenters. The second-order valence-corrected chi connectivity index (χ2v) is 7.10. The molecule has 1 aliphatic rings. The standard InChI is InChI=1S/C23H31N3O3/c1-24-23(25-15-17-8-6-12-20(14-17)27-2)26-16-18-9-7-13-21(28-3)22(18)29-19-10-4-5-11-19/h6-9,12-14,19H,4-5,10-11,15-16H2,1-3H3,(H2,24,25,26). The van der Waals surface area contributed by atoms with Gasteiger partial charge in [-0.25, -0.2) is 0 Å². The molecule has 0 saturated heterocycles. The number of nitrogens with one attached hydrogen (secondary N) is 2. The van der Waals surface area contributed by atoms with Gasteiger partial charge in [0.15, 0.2) is 17.5 Å². The van der Waals surface area contributed by atoms with Crippen molar-refractivity contribution in [1.29, 1.82) is 0 Å². The van der Waals surface area contributed by atoms with Crippen LogP contribution in [0.1, 0.15) is 36.8 Å². The average molecular weight is 398 g/mol. The molecule has 1 fully saturated rings. The van der Waals surface area contributed by atoms with Gasteiger partial charge in [-0.3, -0.25) is 4.99 Å². The van der Waals surface area contributed by atoms with E-state index in [0.29, 0.717) is 13.1 Å². The van der Waals surface area contributed by atoms with Crippen molar-refractivity contribution in [3.8, 4) is 17.2 Å². The largest absolute Gasteiger partial charge is 0.497 e. The van der Waals surface area contributed by atoms with Gasteiger partial charge in [0.1, 0.15) is 5.75 Å². The van der Waals surface area contributed by atoms with Gasteiger partial charge in [-0.2, -0.15) is 0 Å². The van der Waals surface area contributed by atoms with E-state index in [1.165, 1.54) is 12.8 Å². The van der Waals surface area contributed by atoms with E-state index in [1.54, 1.807) is 21.3 Å². The molecule has 1 aliphatic carbocycles. The number of benzene rings is 2. The molecule has 6 heteroatoms. The van der Waals surface area contributed by atoms with Crippen LogP contribution in [0.2, 0.25) is 0 Å². The predicted molar refractivity (Wildman–Crippen MR) is 116 cm³/mol. The van der Waals surface area contributed by atoms with E-state index in [2.05, 4.69) is 27.8 Å². The Morgan fingerprint density at radius 3 is 2.48 bits per heavy atom. The molecule has 0 amide bonds. The molecule has 2 aromatic carbocycles. The van der Waals surface area contributed by atoms with Crippen LogP contribution in [0, 0.1) is 0 Å². The van der Waals surface area contributed by atoms with Gasteiger partial charge in [-0.1, -0.05) is 24.3 Å². The molecule has 6 nitrogen and oxygen atoms in total. The lowest BCUT2D eigenvalue weighted by Crippen LogP contribution is -2.36. The normalized spacial score (nSPS) is 14.5. The summed E-state index contributed by atoms with van der Waals surface area (Å²) in [5.41, 5.74) is 2.18. The van der Waals surface area contributed by atoms with E-state index >= 15 is 0 Å². The molecule has 156 valence electrons. The van der Waals surface area contributed by atoms with Crippen molar-refractivity contribution in [3.63, 3.8) is 0 Å². The Labute approximate surface area is 173 Å². The van der Waals surface area contributed by atoms with Crippen molar-refractivity contribution in [1.82, 2.24) is 10.6 Å². The molecule has 1 saturated carbocycles. The summed E-state index contributed by atoms with van der Waals surface area (Å²) in [6.45, 7) is 1.25. The van der Waals surface area contributed by atoms with Crippen LogP contribution >= 0.6 is 0 Å². The zero-order valence-corrected chi connectivity index (χ0v) is 17.5. The van der Waals surface area contributed by atoms with Gasteiger partial charge in [0.05, 0.1) is 20.3 Å². The summed E-state index contributed by atoms with van der Waals surface area (Å²) in [4.78, 5) is 4.33. The first-order valence-corrected chi connectivity index (χ1v) is 10.1. The van der Waals surface area contributed by atoms with Gasteiger partial charge in [-0.15, -0.1) is 0 Å². The highest BCUT2D eigenvalue weighted by atomic mass is 16.5. The second-order valence-electron chi connectivity index (χ2n) is 7.10. The number of hydrogen-bond donors (Lipinski definition) is 2. The van der Waals surface area contributed by atoms with Crippen molar-refractivity contribution in [2.24, 2.45) is 4.99 Å². The quantitative estimate of drug-likeness (QED) is 0.523. The van der Waals surface area contributed by atoms with E-state index < -0.39 is 0 Å². The molecule has 3 rings (SSSR count). The first-order valence-electron chi connectivity index (χ1n) is 10.1. The van der Waals surface area contributed by atoms with Gasteiger partial charge >= 0.3 is 0 Å². The molecule has 0 aromatic heterocycles. The Morgan fingerprint density at radius 1 is 1.00 bits per heavy atom. The number of methoxy groups -OCH3 is 2. The summed E-state index contributed by atoms with van der Waals surface area (Å²) in [5, 5.41) is 6.71. The van der Waals surface area contributed by atoms with Crippen molar-refractivity contribution in [3.05, 3.63) is 53.6 Å². The lowest BCUT2D eigenvalue weighted by Gasteiger charge is -2.20. The van der Waals surface area contributed by atoms with E-state index in [0.717, 1.165) is 47.2 Å². The third-order valence-electron chi connectivity index (χ3n) is 5.13. The predicted octanol–water partition coefficient (Wildman–Crippen LogP) is 3.89. The summed E-state index contributed by atoms with van der Waals surface area (Å²) in [7, 11) is 5.12. The monoisotopic (exact) mass is 397 g/mol. The molecule has 29 heavy (non-hydrogen) atoms. The summed E-state index contributed by atoms with van der Waals surface area (Å²) >= 11 is 0. The summed E-state index contributed by atoms with van der Waals surface area (Å²) < 4.78 is 17.1. The number of guanidine groups is 1. The van der Waals surface area contributed by atoms with Crippen LogP contribution in [0.4, 0.5) is 0 Å². The maximum absolute atomic E-state index is 6.31. The molecule has 2 aromatic rings. The average Bonchev–Trinajstić information content (AvgIpc) is 3.28. The number of aliphatic imine (C=N–C) groups is 1. The first-order chi connectivity index (χ1) is 14.2. The highest BCUT2D eigenvalue weighted by molar-refractivity contribution is 5.79. The SMILES string of the molecule is CN=C(NCc1cccc(OC)c1)NCc1cccc(OC)c1OC1CCCC1. The lowest BCUT2D eigenvalue weighted by atomic mass is 10.1. The Bertz CT molecular complexity index is 817. The van der Waals surface area contributed by atoms with Gasteiger partial charge in [0, 0.05) is 25.7 Å². The molecular weight excluding hydrogens is 366 g/mol. The molecule has 0 atom stereocenters. The van der Waals surface area contributed by atoms with E-state index in [4.69, 9.17) is 14.2 Å². The van der Waals surface area contributed by atoms with Crippen molar-refractivity contribution >= 4 is 5.96 Å². The van der Waals surface area contributed by atoms with Crippen LogP contribution in [-0.4, -0.2) is 33.3 Å². The van der Waals surface area contributed by atoms with Crippen LogP contribution in [0.25, 0.3) is 0 Å². The zero-order chi connectivity index (χ0) is 20.5. The lowest BCUT2D eigenvalue weighted by molar-refractivity contribution is 0.198. The summed E-state index contributed by atoms with van der Waals surface area (Å²) in [5.74, 6) is 3.17. The molecule has 2 N–H and O–H groups in total. The third kappa shape index (κ3) is 5.79. The minimum Gasteiger partial charge on any atom is -0.497 e. The number of para-hydroxylation sites is 1. The zero-order valence-electron chi connectivity index (χ0n) is 17.5. The Hall–Kier alpha value is -2.89. The summed E-state index contributed by atoms with van der Waals surface area (Å²) in [6.07, 6.45) is 4.95. The summed E-state index contributed by atoms with van der Waals surface area (Å²) in [6, 6.07) is 14.0. The molecular formula is C23H31N3O3. The number of ether oxygens (including phenoxy) is 3. The third-order valence-corrected chi connectivity index (χ3v) is 5.13. The van der Waals surface area contributed by atoms with Crippen LogP contribution in [0.5, 0.6) is 17.2 Å². The minimum absolute atomic E-state index is 0.274. The number of nitrogens with zero attached hydrogens (tertiary/aromatic N) is 1. The van der Waals surface area contributed by atoms with E-state index in [9.17, 15) is 0 Å². The van der Waals surface area contributed by atoms with E-state index in [1.807, 2.05) is 30.3 Å². The highest BCUT2D eigenvalue weighted by Crippen LogP contribution is 2.34. The smallest absolute Gasteiger partial charge is 0.191 e. The van der Waals surface area contributed by atoms with Gasteiger partial charge in [-0.05, 0) is 49.4 Å². The Kier molecular flexibility index (Phi) is 7.61. The maximum atomic E-state index is 6.31. The van der Waals surface area contributed by atoms with Crippen molar-refractivity contribution in [2.75, 3.05) is 21.3 Å². The number of rotatable bonds is 8. The van der Waals surface area contributed by atoms with Gasteiger partial charge < -0.3 is 24.8 Å². The Morgan fingerprint density at radius 2 is 1.76 bits per heavy atom. The van der Waals surface area contributed by atoms with Gasteiger partial charge in [0.2, 0.25) is 0 Å². The topological polar surface area (TPSA) is 64.1 Å². The molecule has 0 radical (unpaired) electrons. The van der Waals surface area contributed by atoms with Crippen molar-refractivity contribution in [2.45, 2.75) is 44.9 Å². The fourth-order valence-electron chi connectivity index (χ4n) is 3.54. The van der Waals surface area contributed by atoms with Gasteiger partial charge in [0.25, 0.3) is 0 Å². The number of hydrogen-bond acceptors (Lipinski definition) is 4.